The van der Waals surface area contributed by atoms with Gasteiger partial charge in [-0.1, -0.05) is 0 Å². The second kappa shape index (κ2) is 24.0. The second-order valence-corrected chi connectivity index (χ2v) is 0. The molecule has 0 aromatic carbocycles. The Kier molecular flexibility index (Phi) is 168. The molecule has 0 spiro atoms. The Labute approximate surface area is 123 Å². The maximum absolute atomic E-state index is 0. The van der Waals surface area contributed by atoms with E-state index in [0.29, 0.717) is 0 Å². The van der Waals surface area contributed by atoms with Gasteiger partial charge in [0.1, 0.15) is 0 Å². The van der Waals surface area contributed by atoms with E-state index >= 15 is 0 Å². The van der Waals surface area contributed by atoms with Crippen LogP contribution in [-0.4, -0.2) is 76.5 Å². The molecule has 0 heterocycles. The molecule has 0 bridgehead atoms. The van der Waals surface area contributed by atoms with Crippen molar-refractivity contribution in [2.45, 2.75) is 0 Å². The van der Waals surface area contributed by atoms with Crippen molar-refractivity contribution in [1.82, 2.24) is 0 Å². The molecule has 0 saturated carbocycles. The molecule has 0 aromatic heterocycles. The Morgan fingerprint density at radius 1 is 1.00 bits per heavy atom. The monoisotopic (exact) mass is 764 g/mol. The summed E-state index contributed by atoms with van der Waals surface area (Å²) in [5.74, 6) is 0. The fraction of sp³-hybridized carbons (Fsp3) is 0. The van der Waals surface area contributed by atoms with E-state index in [1.54, 1.807) is 0 Å². The number of rotatable bonds is 0. The maximum atomic E-state index is 0. The molecule has 0 aliphatic carbocycles. The van der Waals surface area contributed by atoms with Crippen molar-refractivity contribution in [2.75, 3.05) is 0 Å². The fourth-order valence-electron chi connectivity index (χ4n) is 0. The van der Waals surface area contributed by atoms with Crippen LogP contribution in [0.15, 0.2) is 0 Å². The molecule has 2 radical (unpaired) electrons. The minimum atomic E-state index is 0. The minimum absolute atomic E-state index is 0. The Bertz CT molecular complexity index is 11.6. The molecule has 5 heteroatoms. The van der Waals surface area contributed by atoms with Gasteiger partial charge in [0.05, 0.1) is 0 Å². The van der Waals surface area contributed by atoms with Gasteiger partial charge in [-0.05, 0) is 0 Å². The van der Waals surface area contributed by atoms with Gasteiger partial charge in [-0.15, -0.1) is 0 Å². The molecular formula is H8AuBiCdInSb. The van der Waals surface area contributed by atoms with Gasteiger partial charge in [-0.25, -0.2) is 0 Å². The molecule has 34 valence electrons. The summed E-state index contributed by atoms with van der Waals surface area (Å²) in [6.45, 7) is 0. The van der Waals surface area contributed by atoms with Crippen LogP contribution < -0.4 is 0 Å². The van der Waals surface area contributed by atoms with E-state index in [4.69, 9.17) is 0 Å². The van der Waals surface area contributed by atoms with E-state index in [1.807, 2.05) is 0 Å². The van der Waals surface area contributed by atoms with Crippen LogP contribution in [0.4, 0.5) is 0 Å². The Morgan fingerprint density at radius 2 is 1.00 bits per heavy atom. The van der Waals surface area contributed by atoms with Crippen molar-refractivity contribution in [3.63, 3.8) is 0 Å². The predicted octanol–water partition coefficient (Wildman–Crippen LogP) is -3.29. The van der Waals surface area contributed by atoms with E-state index in [2.05, 4.69) is 0 Å². The standard InChI is InChI=1S/Au.Bi.Cd.In.Sb.8H. The molecule has 0 aromatic rings. The zero-order valence-corrected chi connectivity index (χ0v) is 17.3. The van der Waals surface area contributed by atoms with Crippen LogP contribution in [0.3, 0.4) is 0 Å². The van der Waals surface area contributed by atoms with Crippen molar-refractivity contribution in [3.05, 3.63) is 0 Å². The average molecular weight is 763 g/mol. The third kappa shape index (κ3) is 17.9. The van der Waals surface area contributed by atoms with Gasteiger partial charge in [0.15, 0.2) is 0 Å². The molecule has 5 heavy (non-hydrogen) atoms. The summed E-state index contributed by atoms with van der Waals surface area (Å²) in [7, 11) is 0. The number of hydrogen-bond donors (Lipinski definition) is 0. The van der Waals surface area contributed by atoms with E-state index in [-0.39, 0.29) is 126 Å². The first-order valence-corrected chi connectivity index (χ1v) is 0. The molecule has 0 atom stereocenters. The van der Waals surface area contributed by atoms with Gasteiger partial charge in [-0.3, -0.25) is 0 Å². The van der Waals surface area contributed by atoms with Crippen molar-refractivity contribution in [2.24, 2.45) is 0 Å². The van der Waals surface area contributed by atoms with Gasteiger partial charge in [0.2, 0.25) is 0 Å². The Balaban J connectivity index is 0. The molecular weight excluding hydrogens is 755 g/mol. The molecule has 0 aliphatic rings. The zero-order chi connectivity index (χ0) is 0. The summed E-state index contributed by atoms with van der Waals surface area (Å²) in [5, 5.41) is 0. The van der Waals surface area contributed by atoms with Crippen LogP contribution >= 0.6 is 0 Å². The normalized spacial score (nSPS) is 0. The summed E-state index contributed by atoms with van der Waals surface area (Å²) < 4.78 is 0. The molecule has 0 saturated heterocycles. The SMILES string of the molecule is [Au].[BiH3].[Cd].[InH3].[SbH2]. The van der Waals surface area contributed by atoms with Crippen molar-refractivity contribution >= 4 is 76.5 Å². The molecule has 0 fully saturated rings. The third-order valence-electron chi connectivity index (χ3n) is 0. The molecule has 0 amide bonds. The molecule has 0 rings (SSSR count). The average Bonchev–Trinajstić information content (AvgIpc) is 0. The first-order valence-electron chi connectivity index (χ1n) is 0. The molecule has 0 nitrogen and oxygen atoms in total. The predicted molar refractivity (Wildman–Crippen MR) is 28.4 cm³/mol. The summed E-state index contributed by atoms with van der Waals surface area (Å²) >= 11 is 0. The second-order valence-electron chi connectivity index (χ2n) is 0. The van der Waals surface area contributed by atoms with Gasteiger partial charge in [0, 0.05) is 49.7 Å². The van der Waals surface area contributed by atoms with Crippen molar-refractivity contribution in [1.29, 1.82) is 0 Å². The van der Waals surface area contributed by atoms with E-state index in [1.165, 1.54) is 0 Å². The fourth-order valence-corrected chi connectivity index (χ4v) is 0. The summed E-state index contributed by atoms with van der Waals surface area (Å²) in [6, 6.07) is 0. The van der Waals surface area contributed by atoms with E-state index in [9.17, 15) is 0 Å². The van der Waals surface area contributed by atoms with Gasteiger partial charge in [0.25, 0.3) is 0 Å². The van der Waals surface area contributed by atoms with Crippen LogP contribution in [0.25, 0.3) is 0 Å². The van der Waals surface area contributed by atoms with Crippen molar-refractivity contribution < 1.29 is 49.7 Å². The quantitative estimate of drug-likeness (QED) is 0.228. The van der Waals surface area contributed by atoms with Crippen LogP contribution in [0.5, 0.6) is 0 Å². The van der Waals surface area contributed by atoms with Gasteiger partial charge < -0.3 is 0 Å². The van der Waals surface area contributed by atoms with Crippen LogP contribution in [0, 0.1) is 0 Å². The summed E-state index contributed by atoms with van der Waals surface area (Å²) in [4.78, 5) is 0. The van der Waals surface area contributed by atoms with Gasteiger partial charge >= 0.3 is 76.5 Å². The first-order chi connectivity index (χ1) is 0. The molecule has 0 N–H and O–H groups in total. The molecule has 0 aliphatic heterocycles. The molecule has 0 unspecified atom stereocenters. The number of hydrogen-bond acceptors (Lipinski definition) is 0. The van der Waals surface area contributed by atoms with Crippen molar-refractivity contribution in [3.8, 4) is 0 Å². The van der Waals surface area contributed by atoms with Crippen LogP contribution in [0.1, 0.15) is 0 Å². The van der Waals surface area contributed by atoms with Crippen LogP contribution in [-0.2, 0) is 49.7 Å². The Hall–Kier alpha value is 4.23. The van der Waals surface area contributed by atoms with E-state index < -0.39 is 0 Å². The topological polar surface area (TPSA) is 0 Å². The van der Waals surface area contributed by atoms with Crippen LogP contribution in [0.2, 0.25) is 0 Å². The third-order valence-corrected chi connectivity index (χ3v) is 0. The zero-order valence-electron chi connectivity index (χ0n) is 2.29. The summed E-state index contributed by atoms with van der Waals surface area (Å²) in [5.41, 5.74) is 0. The van der Waals surface area contributed by atoms with Gasteiger partial charge in [-0.2, -0.15) is 0 Å². The first kappa shape index (κ1) is 34.9. The van der Waals surface area contributed by atoms with E-state index in [0.717, 1.165) is 0 Å². The Morgan fingerprint density at radius 3 is 1.00 bits per heavy atom. The summed E-state index contributed by atoms with van der Waals surface area (Å²) in [6.07, 6.45) is 0.